The molecule has 3 heteroatoms. The van der Waals surface area contributed by atoms with Crippen molar-refractivity contribution in [2.24, 2.45) is 0 Å². The van der Waals surface area contributed by atoms with Crippen LogP contribution in [0.4, 0.5) is 4.39 Å². The highest BCUT2D eigenvalue weighted by molar-refractivity contribution is 6.17. The maximum Gasteiger partial charge on any atom is 0.190 e. The second-order valence-electron chi connectivity index (χ2n) is 4.99. The van der Waals surface area contributed by atoms with Gasteiger partial charge in [0.2, 0.25) is 0 Å². The third kappa shape index (κ3) is 3.57. The Hall–Kier alpha value is -1.41. The number of benzene rings is 1. The number of carbonyl (C=O) groups excluding carboxylic acids is 1. The molecule has 0 saturated carbocycles. The number of hydrogen-bond donors (Lipinski definition) is 0. The minimum atomic E-state index is -1.84. The summed E-state index contributed by atoms with van der Waals surface area (Å²) in [4.78, 5) is 11.9. The number of carbonyl (C=O) groups is 1. The average Bonchev–Trinajstić information content (AvgIpc) is 2.49. The van der Waals surface area contributed by atoms with Crippen LogP contribution in [0.15, 0.2) is 48.6 Å². The highest BCUT2D eigenvalue weighted by Gasteiger charge is 2.35. The molecular formula is C17H18ClFO. The molecule has 0 bridgehead atoms. The van der Waals surface area contributed by atoms with E-state index in [1.54, 1.807) is 12.2 Å². The van der Waals surface area contributed by atoms with Crippen LogP contribution < -0.4 is 0 Å². The predicted octanol–water partition coefficient (Wildman–Crippen LogP) is 4.72. The summed E-state index contributed by atoms with van der Waals surface area (Å²) in [5, 5.41) is 0. The molecular weight excluding hydrogens is 275 g/mol. The third-order valence-electron chi connectivity index (χ3n) is 3.50. The van der Waals surface area contributed by atoms with Gasteiger partial charge in [0.15, 0.2) is 11.5 Å². The van der Waals surface area contributed by atoms with E-state index in [1.807, 2.05) is 30.3 Å². The molecule has 0 heterocycles. The Labute approximate surface area is 124 Å². The quantitative estimate of drug-likeness (QED) is 0.548. The van der Waals surface area contributed by atoms with Crippen molar-refractivity contribution < 1.29 is 9.18 Å². The molecule has 106 valence electrons. The number of Topliss-reactive ketones (excluding diaryl/α,β-unsaturated/α-hetero) is 1. The number of unbranched alkanes of at least 4 members (excludes halogenated alkanes) is 1. The lowest BCUT2D eigenvalue weighted by Gasteiger charge is -2.22. The summed E-state index contributed by atoms with van der Waals surface area (Å²) in [7, 11) is 0. The van der Waals surface area contributed by atoms with Gasteiger partial charge in [-0.1, -0.05) is 42.5 Å². The first-order valence-electron chi connectivity index (χ1n) is 6.89. The monoisotopic (exact) mass is 292 g/mol. The molecule has 0 spiro atoms. The van der Waals surface area contributed by atoms with Gasteiger partial charge < -0.3 is 0 Å². The van der Waals surface area contributed by atoms with Crippen molar-refractivity contribution in [3.8, 4) is 0 Å². The van der Waals surface area contributed by atoms with E-state index in [9.17, 15) is 9.18 Å². The van der Waals surface area contributed by atoms with Gasteiger partial charge in [0.25, 0.3) is 0 Å². The van der Waals surface area contributed by atoms with E-state index >= 15 is 0 Å². The SMILES string of the molecule is O=C(CCCCCl)C1(F)C=CC(c2ccccc2)=CC1. The average molecular weight is 293 g/mol. The smallest absolute Gasteiger partial charge is 0.190 e. The fourth-order valence-electron chi connectivity index (χ4n) is 2.26. The van der Waals surface area contributed by atoms with Crippen molar-refractivity contribution >= 4 is 23.0 Å². The summed E-state index contributed by atoms with van der Waals surface area (Å²) in [5.41, 5.74) is 0.165. The fourth-order valence-corrected chi connectivity index (χ4v) is 2.44. The van der Waals surface area contributed by atoms with Crippen molar-refractivity contribution in [3.63, 3.8) is 0 Å². The van der Waals surface area contributed by atoms with Crippen LogP contribution in [0, 0.1) is 0 Å². The van der Waals surface area contributed by atoms with Gasteiger partial charge in [-0.15, -0.1) is 11.6 Å². The van der Waals surface area contributed by atoms with Crippen molar-refractivity contribution in [1.82, 2.24) is 0 Å². The van der Waals surface area contributed by atoms with E-state index in [2.05, 4.69) is 0 Å². The molecule has 2 rings (SSSR count). The summed E-state index contributed by atoms with van der Waals surface area (Å²) in [5.74, 6) is 0.169. The van der Waals surface area contributed by atoms with Crippen molar-refractivity contribution in [2.75, 3.05) is 5.88 Å². The van der Waals surface area contributed by atoms with E-state index in [0.717, 1.165) is 17.6 Å². The first-order chi connectivity index (χ1) is 9.65. The van der Waals surface area contributed by atoms with Crippen LogP contribution in [0.3, 0.4) is 0 Å². The second kappa shape index (κ2) is 6.85. The minimum absolute atomic E-state index is 0.118. The Morgan fingerprint density at radius 3 is 2.60 bits per heavy atom. The largest absolute Gasteiger partial charge is 0.296 e. The van der Waals surface area contributed by atoms with Gasteiger partial charge in [-0.05, 0) is 30.1 Å². The van der Waals surface area contributed by atoms with Gasteiger partial charge >= 0.3 is 0 Å². The molecule has 1 nitrogen and oxygen atoms in total. The standard InChI is InChI=1S/C17H18ClFO/c18-13-5-4-8-16(20)17(19)11-9-15(10-12-17)14-6-2-1-3-7-14/h1-3,6-7,9-11H,4-5,8,12-13H2. The summed E-state index contributed by atoms with van der Waals surface area (Å²) >= 11 is 5.56. The normalized spacial score (nSPS) is 21.6. The molecule has 1 unspecified atom stereocenters. The van der Waals surface area contributed by atoms with E-state index in [-0.39, 0.29) is 18.6 Å². The molecule has 20 heavy (non-hydrogen) atoms. The molecule has 0 fully saturated rings. The first-order valence-corrected chi connectivity index (χ1v) is 7.42. The Balaban J connectivity index is 2.01. The second-order valence-corrected chi connectivity index (χ2v) is 5.37. The third-order valence-corrected chi connectivity index (χ3v) is 3.77. The van der Waals surface area contributed by atoms with Crippen LogP contribution in [-0.2, 0) is 4.79 Å². The van der Waals surface area contributed by atoms with Gasteiger partial charge in [0.1, 0.15) is 0 Å². The van der Waals surface area contributed by atoms with Gasteiger partial charge in [-0.25, -0.2) is 4.39 Å². The minimum Gasteiger partial charge on any atom is -0.296 e. The molecule has 0 radical (unpaired) electrons. The molecule has 1 aromatic carbocycles. The summed E-state index contributed by atoms with van der Waals surface area (Å²) in [6, 6.07) is 9.78. The lowest BCUT2D eigenvalue weighted by Crippen LogP contribution is -2.32. The van der Waals surface area contributed by atoms with Crippen LogP contribution in [0.25, 0.3) is 5.57 Å². The van der Waals surface area contributed by atoms with E-state index < -0.39 is 5.67 Å². The van der Waals surface area contributed by atoms with E-state index in [1.165, 1.54) is 6.08 Å². The topological polar surface area (TPSA) is 17.1 Å². The Bertz CT molecular complexity index is 521. The highest BCUT2D eigenvalue weighted by Crippen LogP contribution is 2.31. The maximum atomic E-state index is 14.6. The van der Waals surface area contributed by atoms with Crippen LogP contribution in [-0.4, -0.2) is 17.3 Å². The highest BCUT2D eigenvalue weighted by atomic mass is 35.5. The van der Waals surface area contributed by atoms with Crippen molar-refractivity contribution in [3.05, 3.63) is 54.1 Å². The zero-order valence-electron chi connectivity index (χ0n) is 11.3. The van der Waals surface area contributed by atoms with Crippen LogP contribution >= 0.6 is 11.6 Å². The zero-order chi connectivity index (χ0) is 14.4. The molecule has 1 aromatic rings. The Morgan fingerprint density at radius 1 is 1.25 bits per heavy atom. The Morgan fingerprint density at radius 2 is 2.00 bits per heavy atom. The predicted molar refractivity (Wildman–Crippen MR) is 81.6 cm³/mol. The van der Waals surface area contributed by atoms with Gasteiger partial charge in [-0.3, -0.25) is 4.79 Å². The molecule has 0 N–H and O–H groups in total. The lowest BCUT2D eigenvalue weighted by molar-refractivity contribution is -0.127. The number of allylic oxidation sites excluding steroid dienone is 4. The van der Waals surface area contributed by atoms with E-state index in [0.29, 0.717) is 12.3 Å². The number of hydrogen-bond acceptors (Lipinski definition) is 1. The van der Waals surface area contributed by atoms with Gasteiger partial charge in [0.05, 0.1) is 0 Å². The maximum absolute atomic E-state index is 14.6. The first kappa shape index (κ1) is 15.0. The van der Waals surface area contributed by atoms with Gasteiger partial charge in [-0.2, -0.15) is 0 Å². The molecule has 1 aliphatic rings. The molecule has 0 aromatic heterocycles. The molecule has 1 atom stereocenters. The number of ketones is 1. The van der Waals surface area contributed by atoms with Crippen LogP contribution in [0.1, 0.15) is 31.2 Å². The lowest BCUT2D eigenvalue weighted by atomic mass is 9.86. The zero-order valence-corrected chi connectivity index (χ0v) is 12.1. The molecule has 0 aliphatic heterocycles. The van der Waals surface area contributed by atoms with Crippen molar-refractivity contribution in [2.45, 2.75) is 31.4 Å². The van der Waals surface area contributed by atoms with Crippen LogP contribution in [0.5, 0.6) is 0 Å². The Kier molecular flexibility index (Phi) is 5.13. The summed E-state index contributed by atoms with van der Waals surface area (Å²) in [6.07, 6.45) is 6.68. The molecule has 1 aliphatic carbocycles. The number of halogens is 2. The fraction of sp³-hybridized carbons (Fsp3) is 0.353. The molecule has 0 saturated heterocycles. The van der Waals surface area contributed by atoms with Crippen LogP contribution in [0.2, 0.25) is 0 Å². The van der Waals surface area contributed by atoms with Crippen molar-refractivity contribution in [1.29, 1.82) is 0 Å². The van der Waals surface area contributed by atoms with Gasteiger partial charge in [0, 0.05) is 18.7 Å². The number of rotatable bonds is 6. The number of alkyl halides is 2. The summed E-state index contributed by atoms with van der Waals surface area (Å²) in [6.45, 7) is 0. The van der Waals surface area contributed by atoms with E-state index in [4.69, 9.17) is 11.6 Å². The summed E-state index contributed by atoms with van der Waals surface area (Å²) < 4.78 is 14.6. The molecule has 0 amide bonds.